The first-order valence-electron chi connectivity index (χ1n) is 7.63. The summed E-state index contributed by atoms with van der Waals surface area (Å²) in [4.78, 5) is 0. The third kappa shape index (κ3) is 2.97. The van der Waals surface area contributed by atoms with Crippen molar-refractivity contribution in [2.75, 3.05) is 16.2 Å². The van der Waals surface area contributed by atoms with Crippen molar-refractivity contribution in [2.24, 2.45) is 5.92 Å². The molecular weight excluding hydrogens is 258 g/mol. The van der Waals surface area contributed by atoms with Gasteiger partial charge in [0.25, 0.3) is 0 Å². The fourth-order valence-electron chi connectivity index (χ4n) is 3.06. The maximum absolute atomic E-state index is 5.98. The van der Waals surface area contributed by atoms with Crippen LogP contribution in [-0.2, 0) is 6.42 Å². The molecule has 0 spiro atoms. The number of hydrazine groups is 1. The lowest BCUT2D eigenvalue weighted by Gasteiger charge is -2.30. The van der Waals surface area contributed by atoms with Gasteiger partial charge in [-0.2, -0.15) is 0 Å². The first-order chi connectivity index (χ1) is 10.1. The molecule has 2 aromatic rings. The molecule has 0 fully saturated rings. The molecule has 0 radical (unpaired) electrons. The monoisotopic (exact) mass is 281 g/mol. The van der Waals surface area contributed by atoms with Gasteiger partial charge < -0.3 is 5.73 Å². The summed E-state index contributed by atoms with van der Waals surface area (Å²) in [5.74, 6) is 0.668. The normalized spacial score (nSPS) is 17.1. The summed E-state index contributed by atoms with van der Waals surface area (Å²) in [7, 11) is 0. The van der Waals surface area contributed by atoms with Crippen LogP contribution in [0.1, 0.15) is 25.8 Å². The topological polar surface area (TPSA) is 41.3 Å². The molecule has 1 heterocycles. The van der Waals surface area contributed by atoms with Gasteiger partial charge in [0, 0.05) is 5.69 Å². The zero-order valence-electron chi connectivity index (χ0n) is 12.7. The van der Waals surface area contributed by atoms with Crippen LogP contribution in [0.25, 0.3) is 0 Å². The Labute approximate surface area is 126 Å². The zero-order chi connectivity index (χ0) is 14.8. The predicted octanol–water partition coefficient (Wildman–Crippen LogP) is 4.07. The van der Waals surface area contributed by atoms with Crippen molar-refractivity contribution >= 4 is 17.1 Å². The predicted molar refractivity (Wildman–Crippen MR) is 90.3 cm³/mol. The third-order valence-electron chi connectivity index (χ3n) is 3.96. The second-order valence-corrected chi connectivity index (χ2v) is 6.22. The lowest BCUT2D eigenvalue weighted by Crippen LogP contribution is -2.38. The van der Waals surface area contributed by atoms with Crippen molar-refractivity contribution in [3.8, 4) is 0 Å². The molecule has 3 N–H and O–H groups in total. The first kappa shape index (κ1) is 13.8. The summed E-state index contributed by atoms with van der Waals surface area (Å²) in [5.41, 5.74) is 14.1. The number of nitrogens with zero attached hydrogens (tertiary/aromatic N) is 1. The Balaban J connectivity index is 1.90. The Morgan fingerprint density at radius 2 is 1.95 bits per heavy atom. The van der Waals surface area contributed by atoms with Crippen molar-refractivity contribution in [1.82, 2.24) is 0 Å². The van der Waals surface area contributed by atoms with Crippen LogP contribution in [0.5, 0.6) is 0 Å². The number of benzene rings is 2. The molecule has 0 bridgehead atoms. The number of fused-ring (bicyclic) bond motifs is 1. The van der Waals surface area contributed by atoms with Gasteiger partial charge in [0.05, 0.1) is 17.4 Å². The number of anilines is 3. The highest BCUT2D eigenvalue weighted by atomic mass is 15.5. The summed E-state index contributed by atoms with van der Waals surface area (Å²) < 4.78 is 0. The van der Waals surface area contributed by atoms with Gasteiger partial charge in [-0.1, -0.05) is 38.1 Å². The van der Waals surface area contributed by atoms with Crippen LogP contribution >= 0.6 is 0 Å². The van der Waals surface area contributed by atoms with Crippen molar-refractivity contribution in [2.45, 2.75) is 32.7 Å². The summed E-state index contributed by atoms with van der Waals surface area (Å²) in [6, 6.07) is 17.0. The number of nitrogen functional groups attached to an aromatic ring is 1. The summed E-state index contributed by atoms with van der Waals surface area (Å²) >= 11 is 0. The van der Waals surface area contributed by atoms with Gasteiger partial charge in [-0.05, 0) is 48.6 Å². The molecule has 0 amide bonds. The average Bonchev–Trinajstić information content (AvgIpc) is 2.77. The first-order valence-corrected chi connectivity index (χ1v) is 7.63. The molecule has 0 aliphatic carbocycles. The van der Waals surface area contributed by atoms with E-state index in [4.69, 9.17) is 5.73 Å². The number of nitrogens with two attached hydrogens (primary N) is 1. The van der Waals surface area contributed by atoms with Crippen LogP contribution in [0.2, 0.25) is 0 Å². The van der Waals surface area contributed by atoms with Crippen molar-refractivity contribution in [1.29, 1.82) is 0 Å². The molecule has 110 valence electrons. The molecule has 21 heavy (non-hydrogen) atoms. The van der Waals surface area contributed by atoms with Gasteiger partial charge in [-0.25, -0.2) is 0 Å². The van der Waals surface area contributed by atoms with E-state index in [0.717, 1.165) is 24.2 Å². The molecule has 3 heteroatoms. The lowest BCUT2D eigenvalue weighted by molar-refractivity contribution is 0.492. The van der Waals surface area contributed by atoms with E-state index in [1.807, 2.05) is 12.1 Å². The summed E-state index contributed by atoms with van der Waals surface area (Å²) in [5, 5.41) is 2.29. The van der Waals surface area contributed by atoms with E-state index in [9.17, 15) is 0 Å². The second-order valence-electron chi connectivity index (χ2n) is 6.22. The van der Waals surface area contributed by atoms with Crippen molar-refractivity contribution in [3.05, 3.63) is 54.1 Å². The molecule has 0 saturated carbocycles. The highest BCUT2D eigenvalue weighted by molar-refractivity contribution is 5.68. The maximum atomic E-state index is 5.98. The highest BCUT2D eigenvalue weighted by Gasteiger charge is 2.30. The van der Waals surface area contributed by atoms with Gasteiger partial charge in [0.1, 0.15) is 0 Å². The van der Waals surface area contributed by atoms with E-state index >= 15 is 0 Å². The maximum Gasteiger partial charge on any atom is 0.0628 e. The van der Waals surface area contributed by atoms with Gasteiger partial charge in [0.15, 0.2) is 0 Å². The van der Waals surface area contributed by atoms with Crippen LogP contribution in [0.4, 0.5) is 17.1 Å². The number of hydrogen-bond acceptors (Lipinski definition) is 3. The van der Waals surface area contributed by atoms with Crippen LogP contribution in [0.15, 0.2) is 48.5 Å². The molecule has 0 aromatic heterocycles. The van der Waals surface area contributed by atoms with Gasteiger partial charge in [0.2, 0.25) is 0 Å². The van der Waals surface area contributed by atoms with Crippen LogP contribution < -0.4 is 16.2 Å². The molecule has 1 atom stereocenters. The van der Waals surface area contributed by atoms with E-state index in [1.165, 1.54) is 11.3 Å². The molecule has 3 rings (SSSR count). The van der Waals surface area contributed by atoms with Crippen LogP contribution in [0.3, 0.4) is 0 Å². The Morgan fingerprint density at radius 3 is 2.67 bits per heavy atom. The minimum atomic E-state index is 0.474. The fraction of sp³-hybridized carbons (Fsp3) is 0.333. The average molecular weight is 281 g/mol. The third-order valence-corrected chi connectivity index (χ3v) is 3.96. The SMILES string of the molecule is CC(C)CC1Cc2ccc(N)cc2N1Nc1ccccc1. The molecule has 3 nitrogen and oxygen atoms in total. The molecular formula is C18H23N3. The number of para-hydroxylation sites is 1. The lowest BCUT2D eigenvalue weighted by atomic mass is 10.0. The summed E-state index contributed by atoms with van der Waals surface area (Å²) in [6.07, 6.45) is 2.24. The Kier molecular flexibility index (Phi) is 3.74. The Bertz CT molecular complexity index is 607. The standard InChI is InChI=1S/C18H23N3/c1-13(2)10-17-11-14-8-9-15(19)12-18(14)21(17)20-16-6-4-3-5-7-16/h3-9,12-13,17,20H,10-11,19H2,1-2H3. The minimum Gasteiger partial charge on any atom is -0.399 e. The van der Waals surface area contributed by atoms with Crippen LogP contribution in [-0.4, -0.2) is 6.04 Å². The van der Waals surface area contributed by atoms with Crippen LogP contribution in [0, 0.1) is 5.92 Å². The fourth-order valence-corrected chi connectivity index (χ4v) is 3.06. The minimum absolute atomic E-state index is 0.474. The molecule has 1 aliphatic heterocycles. The van der Waals surface area contributed by atoms with Crippen molar-refractivity contribution < 1.29 is 0 Å². The molecule has 2 aromatic carbocycles. The quantitative estimate of drug-likeness (QED) is 0.830. The van der Waals surface area contributed by atoms with Gasteiger partial charge in [-0.15, -0.1) is 0 Å². The van der Waals surface area contributed by atoms with Gasteiger partial charge >= 0.3 is 0 Å². The van der Waals surface area contributed by atoms with E-state index in [0.29, 0.717) is 12.0 Å². The molecule has 1 aliphatic rings. The highest BCUT2D eigenvalue weighted by Crippen LogP contribution is 2.36. The van der Waals surface area contributed by atoms with E-state index in [2.05, 4.69) is 60.7 Å². The Hall–Kier alpha value is -2.16. The van der Waals surface area contributed by atoms with Crippen molar-refractivity contribution in [3.63, 3.8) is 0 Å². The van der Waals surface area contributed by atoms with E-state index in [1.54, 1.807) is 0 Å². The summed E-state index contributed by atoms with van der Waals surface area (Å²) in [6.45, 7) is 4.55. The smallest absolute Gasteiger partial charge is 0.0628 e. The number of nitrogens with one attached hydrogen (secondary N) is 1. The van der Waals surface area contributed by atoms with Gasteiger partial charge in [-0.3, -0.25) is 10.4 Å². The second kappa shape index (κ2) is 5.68. The number of hydrogen-bond donors (Lipinski definition) is 2. The molecule has 0 saturated heterocycles. The number of rotatable bonds is 4. The van der Waals surface area contributed by atoms with E-state index in [-0.39, 0.29) is 0 Å². The largest absolute Gasteiger partial charge is 0.399 e. The molecule has 1 unspecified atom stereocenters. The van der Waals surface area contributed by atoms with E-state index < -0.39 is 0 Å². The zero-order valence-corrected chi connectivity index (χ0v) is 12.7. The Morgan fingerprint density at radius 1 is 1.19 bits per heavy atom.